The van der Waals surface area contributed by atoms with E-state index in [1.54, 1.807) is 0 Å². The van der Waals surface area contributed by atoms with E-state index in [-0.39, 0.29) is 17.9 Å². The van der Waals surface area contributed by atoms with Gasteiger partial charge in [0.15, 0.2) is 0 Å². The Morgan fingerprint density at radius 1 is 1.12 bits per heavy atom. The van der Waals surface area contributed by atoms with Crippen LogP contribution < -0.4 is 5.32 Å². The number of hydrogen-bond donors (Lipinski definition) is 2. The zero-order valence-corrected chi connectivity index (χ0v) is 14.0. The number of aryl methyl sites for hydroxylation is 2. The molecule has 0 bridgehead atoms. The number of aromatic nitrogens is 1. The fourth-order valence-electron chi connectivity index (χ4n) is 3.35. The average molecular weight is 326 g/mol. The number of pyridine rings is 1. The Hall–Kier alpha value is -2.43. The summed E-state index contributed by atoms with van der Waals surface area (Å²) in [7, 11) is 0. The minimum Gasteiger partial charge on any atom is -0.481 e. The first kappa shape index (κ1) is 16.4. The Morgan fingerprint density at radius 3 is 2.50 bits per heavy atom. The smallest absolute Gasteiger partial charge is 0.306 e. The van der Waals surface area contributed by atoms with E-state index in [1.807, 2.05) is 38.1 Å². The van der Waals surface area contributed by atoms with Gasteiger partial charge >= 0.3 is 5.97 Å². The van der Waals surface area contributed by atoms with Crippen molar-refractivity contribution in [2.45, 2.75) is 45.6 Å². The highest BCUT2D eigenvalue weighted by Gasteiger charge is 2.27. The summed E-state index contributed by atoms with van der Waals surface area (Å²) in [6, 6.07) is 7.92. The van der Waals surface area contributed by atoms with Crippen LogP contribution in [0.5, 0.6) is 0 Å². The molecule has 1 amide bonds. The van der Waals surface area contributed by atoms with Gasteiger partial charge in [0.05, 0.1) is 22.7 Å². The van der Waals surface area contributed by atoms with Gasteiger partial charge in [0, 0.05) is 11.4 Å². The van der Waals surface area contributed by atoms with Gasteiger partial charge in [-0.15, -0.1) is 0 Å². The van der Waals surface area contributed by atoms with E-state index in [4.69, 9.17) is 5.11 Å². The van der Waals surface area contributed by atoms with Crippen LogP contribution in [-0.2, 0) is 4.79 Å². The maximum atomic E-state index is 12.6. The van der Waals surface area contributed by atoms with Crippen LogP contribution in [-0.4, -0.2) is 28.0 Å². The molecule has 0 spiro atoms. The molecule has 0 saturated heterocycles. The number of carboxylic acids is 1. The number of benzene rings is 1. The van der Waals surface area contributed by atoms with Gasteiger partial charge in [0.25, 0.3) is 5.91 Å². The molecule has 2 N–H and O–H groups in total. The lowest BCUT2D eigenvalue weighted by Gasteiger charge is -2.27. The Morgan fingerprint density at radius 2 is 1.83 bits per heavy atom. The molecule has 2 aromatic rings. The van der Waals surface area contributed by atoms with Gasteiger partial charge in [-0.1, -0.05) is 12.1 Å². The van der Waals surface area contributed by atoms with Crippen LogP contribution >= 0.6 is 0 Å². The molecule has 0 atom stereocenters. The molecule has 5 heteroatoms. The number of rotatable bonds is 3. The molecule has 0 radical (unpaired) electrons. The largest absolute Gasteiger partial charge is 0.481 e. The normalized spacial score (nSPS) is 20.8. The quantitative estimate of drug-likeness (QED) is 0.907. The maximum absolute atomic E-state index is 12.6. The molecular formula is C19H22N2O3. The summed E-state index contributed by atoms with van der Waals surface area (Å²) in [5.74, 6) is -1.13. The fraction of sp³-hybridized carbons (Fsp3) is 0.421. The SMILES string of the molecule is Cc1ccc2cc(C(=O)NC3CCC(C(=O)O)CC3)c(C)nc2c1. The summed E-state index contributed by atoms with van der Waals surface area (Å²) in [5.41, 5.74) is 3.34. The van der Waals surface area contributed by atoms with E-state index in [0.29, 0.717) is 36.9 Å². The predicted molar refractivity (Wildman–Crippen MR) is 92.1 cm³/mol. The summed E-state index contributed by atoms with van der Waals surface area (Å²) in [5, 5.41) is 13.0. The van der Waals surface area contributed by atoms with Crippen LogP contribution in [0.2, 0.25) is 0 Å². The van der Waals surface area contributed by atoms with Crippen molar-refractivity contribution in [3.05, 3.63) is 41.1 Å². The van der Waals surface area contributed by atoms with Crippen LogP contribution in [0.3, 0.4) is 0 Å². The molecule has 1 heterocycles. The van der Waals surface area contributed by atoms with Gasteiger partial charge in [-0.2, -0.15) is 0 Å². The monoisotopic (exact) mass is 326 g/mol. The fourth-order valence-corrected chi connectivity index (χ4v) is 3.35. The van der Waals surface area contributed by atoms with E-state index >= 15 is 0 Å². The van der Waals surface area contributed by atoms with Gasteiger partial charge in [0.2, 0.25) is 0 Å². The summed E-state index contributed by atoms with van der Waals surface area (Å²) in [4.78, 5) is 28.1. The highest BCUT2D eigenvalue weighted by Crippen LogP contribution is 2.25. The summed E-state index contributed by atoms with van der Waals surface area (Å²) in [6.45, 7) is 3.86. The molecule has 3 rings (SSSR count). The molecule has 1 saturated carbocycles. The van der Waals surface area contributed by atoms with E-state index in [9.17, 15) is 9.59 Å². The summed E-state index contributed by atoms with van der Waals surface area (Å²) < 4.78 is 0. The molecule has 1 fully saturated rings. The third-order valence-electron chi connectivity index (χ3n) is 4.82. The number of carbonyl (C=O) groups is 2. The van der Waals surface area contributed by atoms with Crippen molar-refractivity contribution in [1.29, 1.82) is 0 Å². The van der Waals surface area contributed by atoms with Crippen molar-refractivity contribution in [2.24, 2.45) is 5.92 Å². The highest BCUT2D eigenvalue weighted by atomic mass is 16.4. The minimum absolute atomic E-state index is 0.0428. The number of nitrogens with one attached hydrogen (secondary N) is 1. The van der Waals surface area contributed by atoms with Crippen LogP contribution in [0.4, 0.5) is 0 Å². The molecular weight excluding hydrogens is 304 g/mol. The molecule has 1 aliphatic rings. The first-order chi connectivity index (χ1) is 11.4. The van der Waals surface area contributed by atoms with E-state index in [2.05, 4.69) is 10.3 Å². The van der Waals surface area contributed by atoms with E-state index in [1.165, 1.54) is 0 Å². The Kier molecular flexibility index (Phi) is 4.51. The lowest BCUT2D eigenvalue weighted by atomic mass is 9.86. The number of amides is 1. The first-order valence-electron chi connectivity index (χ1n) is 8.35. The van der Waals surface area contributed by atoms with Crippen LogP contribution in [0, 0.1) is 19.8 Å². The molecule has 126 valence electrons. The van der Waals surface area contributed by atoms with Crippen molar-refractivity contribution in [1.82, 2.24) is 10.3 Å². The predicted octanol–water partition coefficient (Wildman–Crippen LogP) is 3.22. The molecule has 0 unspecified atom stereocenters. The number of aliphatic carboxylic acids is 1. The van der Waals surface area contributed by atoms with Crippen LogP contribution in [0.25, 0.3) is 10.9 Å². The maximum Gasteiger partial charge on any atom is 0.306 e. The number of hydrogen-bond acceptors (Lipinski definition) is 3. The molecule has 1 aliphatic carbocycles. The van der Waals surface area contributed by atoms with Gasteiger partial charge < -0.3 is 10.4 Å². The molecule has 24 heavy (non-hydrogen) atoms. The second-order valence-electron chi connectivity index (χ2n) is 6.68. The lowest BCUT2D eigenvalue weighted by Crippen LogP contribution is -2.39. The highest BCUT2D eigenvalue weighted by molar-refractivity contribution is 5.98. The van der Waals surface area contributed by atoms with Crippen molar-refractivity contribution in [3.63, 3.8) is 0 Å². The van der Waals surface area contributed by atoms with Gasteiger partial charge in [-0.05, 0) is 57.2 Å². The topological polar surface area (TPSA) is 79.3 Å². The van der Waals surface area contributed by atoms with Gasteiger partial charge in [-0.25, -0.2) is 0 Å². The van der Waals surface area contributed by atoms with Crippen molar-refractivity contribution in [3.8, 4) is 0 Å². The second-order valence-corrected chi connectivity index (χ2v) is 6.68. The number of carboxylic acid groups (broad SMARTS) is 1. The minimum atomic E-state index is -0.732. The van der Waals surface area contributed by atoms with Crippen LogP contribution in [0.15, 0.2) is 24.3 Å². The zero-order valence-electron chi connectivity index (χ0n) is 14.0. The summed E-state index contributed by atoms with van der Waals surface area (Å²) in [6.07, 6.45) is 2.66. The van der Waals surface area contributed by atoms with Crippen molar-refractivity contribution >= 4 is 22.8 Å². The number of carbonyl (C=O) groups excluding carboxylic acids is 1. The third kappa shape index (κ3) is 3.40. The van der Waals surface area contributed by atoms with E-state index in [0.717, 1.165) is 16.5 Å². The first-order valence-corrected chi connectivity index (χ1v) is 8.35. The molecule has 0 aliphatic heterocycles. The van der Waals surface area contributed by atoms with Gasteiger partial charge in [0.1, 0.15) is 0 Å². The third-order valence-corrected chi connectivity index (χ3v) is 4.82. The Labute approximate surface area is 141 Å². The van der Waals surface area contributed by atoms with Crippen molar-refractivity contribution in [2.75, 3.05) is 0 Å². The van der Waals surface area contributed by atoms with Crippen LogP contribution in [0.1, 0.15) is 47.3 Å². The standard InChI is InChI=1S/C19H22N2O3/c1-11-3-4-14-10-16(12(2)20-17(14)9-11)18(22)21-15-7-5-13(6-8-15)19(23)24/h3-4,9-10,13,15H,5-8H2,1-2H3,(H,21,22)(H,23,24). The lowest BCUT2D eigenvalue weighted by molar-refractivity contribution is -0.142. The summed E-state index contributed by atoms with van der Waals surface area (Å²) >= 11 is 0. The Balaban J connectivity index is 1.73. The van der Waals surface area contributed by atoms with Crippen molar-refractivity contribution < 1.29 is 14.7 Å². The Bertz CT molecular complexity index is 793. The molecule has 1 aromatic heterocycles. The van der Waals surface area contributed by atoms with Gasteiger partial charge in [-0.3, -0.25) is 14.6 Å². The number of fused-ring (bicyclic) bond motifs is 1. The second kappa shape index (κ2) is 6.59. The van der Waals surface area contributed by atoms with E-state index < -0.39 is 5.97 Å². The average Bonchev–Trinajstić information content (AvgIpc) is 2.54. The zero-order chi connectivity index (χ0) is 17.3. The number of nitrogens with zero attached hydrogens (tertiary/aromatic N) is 1. The molecule has 1 aromatic carbocycles. The molecule has 5 nitrogen and oxygen atoms in total.